The standard InChI is InChI=1S/C18H20N4O7S/c23-17(14-3-5-15(6-4-14)22(25)26)19-7-13-30(27,28)21-10-8-20(9-11-21)18(24)16-2-1-12-29-16/h1-6,12H,7-11,13H2,(H,19,23). The molecule has 2 amide bonds. The zero-order chi connectivity index (χ0) is 21.7. The van der Waals surface area contributed by atoms with Gasteiger partial charge in [-0.15, -0.1) is 0 Å². The van der Waals surface area contributed by atoms with Crippen LogP contribution < -0.4 is 5.32 Å². The molecule has 11 nitrogen and oxygen atoms in total. The summed E-state index contributed by atoms with van der Waals surface area (Å²) >= 11 is 0. The molecule has 0 aliphatic carbocycles. The molecule has 1 aliphatic rings. The minimum Gasteiger partial charge on any atom is -0.459 e. The molecule has 1 aliphatic heterocycles. The van der Waals surface area contributed by atoms with Gasteiger partial charge in [0.15, 0.2) is 5.76 Å². The molecule has 0 bridgehead atoms. The van der Waals surface area contributed by atoms with Crippen molar-refractivity contribution in [2.24, 2.45) is 0 Å². The van der Waals surface area contributed by atoms with Crippen molar-refractivity contribution < 1.29 is 27.3 Å². The molecule has 0 saturated carbocycles. The van der Waals surface area contributed by atoms with Crippen LogP contribution in [0.4, 0.5) is 5.69 Å². The van der Waals surface area contributed by atoms with E-state index in [1.807, 2.05) is 0 Å². The highest BCUT2D eigenvalue weighted by Gasteiger charge is 2.29. The Bertz CT molecular complexity index is 1010. The number of nitro benzene ring substituents is 1. The van der Waals surface area contributed by atoms with Crippen molar-refractivity contribution in [3.05, 3.63) is 64.1 Å². The van der Waals surface area contributed by atoms with Crippen LogP contribution in [0.1, 0.15) is 20.9 Å². The number of nitro groups is 1. The maximum atomic E-state index is 12.5. The Morgan fingerprint density at radius 3 is 2.33 bits per heavy atom. The van der Waals surface area contributed by atoms with Crippen LogP contribution >= 0.6 is 0 Å². The van der Waals surface area contributed by atoms with Gasteiger partial charge >= 0.3 is 0 Å². The van der Waals surface area contributed by atoms with Crippen LogP contribution in [-0.2, 0) is 10.0 Å². The predicted octanol–water partition coefficient (Wildman–Crippen LogP) is 0.705. The summed E-state index contributed by atoms with van der Waals surface area (Å²) in [5.74, 6) is -0.890. The molecule has 0 unspecified atom stereocenters. The first-order chi connectivity index (χ1) is 14.3. The monoisotopic (exact) mass is 436 g/mol. The SMILES string of the molecule is O=C(NCCS(=O)(=O)N1CCN(C(=O)c2ccco2)CC1)c1ccc([N+](=O)[O-])cc1. The van der Waals surface area contributed by atoms with Gasteiger partial charge in [-0.1, -0.05) is 0 Å². The molecule has 1 aromatic carbocycles. The number of carbonyl (C=O) groups excluding carboxylic acids is 2. The van der Waals surface area contributed by atoms with E-state index in [-0.39, 0.29) is 61.4 Å². The summed E-state index contributed by atoms with van der Waals surface area (Å²) in [6.07, 6.45) is 1.40. The lowest BCUT2D eigenvalue weighted by atomic mass is 10.2. The van der Waals surface area contributed by atoms with Crippen molar-refractivity contribution in [3.63, 3.8) is 0 Å². The fourth-order valence-corrected chi connectivity index (χ4v) is 4.32. The first-order valence-corrected chi connectivity index (χ1v) is 10.7. The van der Waals surface area contributed by atoms with Gasteiger partial charge in [-0.3, -0.25) is 19.7 Å². The van der Waals surface area contributed by atoms with Gasteiger partial charge in [0, 0.05) is 50.4 Å². The smallest absolute Gasteiger partial charge is 0.289 e. The highest BCUT2D eigenvalue weighted by atomic mass is 32.2. The molecule has 160 valence electrons. The van der Waals surface area contributed by atoms with Gasteiger partial charge in [-0.25, -0.2) is 8.42 Å². The maximum absolute atomic E-state index is 12.5. The van der Waals surface area contributed by atoms with E-state index >= 15 is 0 Å². The topological polar surface area (TPSA) is 143 Å². The lowest BCUT2D eigenvalue weighted by Gasteiger charge is -2.33. The lowest BCUT2D eigenvalue weighted by molar-refractivity contribution is -0.384. The fraction of sp³-hybridized carbons (Fsp3) is 0.333. The number of piperazine rings is 1. The third-order valence-corrected chi connectivity index (χ3v) is 6.51. The molecule has 3 rings (SSSR count). The van der Waals surface area contributed by atoms with Gasteiger partial charge in [-0.2, -0.15) is 4.31 Å². The highest BCUT2D eigenvalue weighted by Crippen LogP contribution is 2.13. The number of furan rings is 1. The summed E-state index contributed by atoms with van der Waals surface area (Å²) in [4.78, 5) is 35.9. The number of sulfonamides is 1. The van der Waals surface area contributed by atoms with Crippen LogP contribution in [0.2, 0.25) is 0 Å². The molecule has 1 fully saturated rings. The molecule has 1 saturated heterocycles. The third-order valence-electron chi connectivity index (χ3n) is 4.64. The van der Waals surface area contributed by atoms with Crippen LogP contribution in [-0.4, -0.2) is 72.8 Å². The van der Waals surface area contributed by atoms with Gasteiger partial charge in [0.2, 0.25) is 10.0 Å². The maximum Gasteiger partial charge on any atom is 0.289 e. The van der Waals surface area contributed by atoms with Crippen molar-refractivity contribution >= 4 is 27.5 Å². The number of non-ortho nitro benzene ring substituents is 1. The second-order valence-corrected chi connectivity index (χ2v) is 8.63. The number of carbonyl (C=O) groups is 2. The predicted molar refractivity (Wildman–Crippen MR) is 105 cm³/mol. The van der Waals surface area contributed by atoms with Crippen molar-refractivity contribution in [2.45, 2.75) is 0 Å². The number of amides is 2. The Balaban J connectivity index is 1.47. The number of nitrogens with one attached hydrogen (secondary N) is 1. The quantitative estimate of drug-likeness (QED) is 0.497. The van der Waals surface area contributed by atoms with Crippen molar-refractivity contribution in [2.75, 3.05) is 38.5 Å². The van der Waals surface area contributed by atoms with Gasteiger partial charge in [0.1, 0.15) is 0 Å². The number of hydrogen-bond donors (Lipinski definition) is 1. The Kier molecular flexibility index (Phi) is 6.47. The average molecular weight is 436 g/mol. The normalized spacial score (nSPS) is 15.0. The first-order valence-electron chi connectivity index (χ1n) is 9.11. The molecule has 0 atom stereocenters. The van der Waals surface area contributed by atoms with Crippen molar-refractivity contribution in [3.8, 4) is 0 Å². The van der Waals surface area contributed by atoms with Crippen molar-refractivity contribution in [1.29, 1.82) is 0 Å². The van der Waals surface area contributed by atoms with Crippen LogP contribution in [0.25, 0.3) is 0 Å². The van der Waals surface area contributed by atoms with E-state index in [2.05, 4.69) is 5.32 Å². The average Bonchev–Trinajstić information content (AvgIpc) is 3.28. The van der Waals surface area contributed by atoms with Crippen LogP contribution in [0.15, 0.2) is 47.1 Å². The van der Waals surface area contributed by atoms with E-state index in [4.69, 9.17) is 4.42 Å². The third kappa shape index (κ3) is 5.02. The molecule has 0 spiro atoms. The zero-order valence-corrected chi connectivity index (χ0v) is 16.7. The number of nitrogens with zero attached hydrogens (tertiary/aromatic N) is 3. The fourth-order valence-electron chi connectivity index (χ4n) is 2.98. The van der Waals surface area contributed by atoms with E-state index < -0.39 is 20.9 Å². The Morgan fingerprint density at radius 2 is 1.77 bits per heavy atom. The molecular formula is C18H20N4O7S. The van der Waals surface area contributed by atoms with Crippen LogP contribution in [0.5, 0.6) is 0 Å². The van der Waals surface area contributed by atoms with E-state index in [1.165, 1.54) is 39.7 Å². The molecule has 1 aromatic heterocycles. The van der Waals surface area contributed by atoms with Crippen LogP contribution in [0, 0.1) is 10.1 Å². The summed E-state index contributed by atoms with van der Waals surface area (Å²) in [5, 5.41) is 13.1. The summed E-state index contributed by atoms with van der Waals surface area (Å²) in [6.45, 7) is 0.696. The van der Waals surface area contributed by atoms with E-state index in [0.717, 1.165) is 0 Å². The summed E-state index contributed by atoms with van der Waals surface area (Å²) in [7, 11) is -3.61. The van der Waals surface area contributed by atoms with E-state index in [9.17, 15) is 28.1 Å². The zero-order valence-electron chi connectivity index (χ0n) is 15.9. The van der Waals surface area contributed by atoms with Gasteiger partial charge in [0.05, 0.1) is 16.9 Å². The largest absolute Gasteiger partial charge is 0.459 e. The molecule has 1 N–H and O–H groups in total. The number of benzene rings is 1. The van der Waals surface area contributed by atoms with Gasteiger partial charge in [0.25, 0.3) is 17.5 Å². The summed E-state index contributed by atoms with van der Waals surface area (Å²) in [6, 6.07) is 8.18. The Morgan fingerprint density at radius 1 is 1.10 bits per heavy atom. The highest BCUT2D eigenvalue weighted by molar-refractivity contribution is 7.89. The molecule has 0 radical (unpaired) electrons. The molecular weight excluding hydrogens is 416 g/mol. The van der Waals surface area contributed by atoms with Gasteiger partial charge < -0.3 is 14.6 Å². The Hall–Kier alpha value is -3.25. The number of hydrogen-bond acceptors (Lipinski definition) is 7. The van der Waals surface area contributed by atoms with Gasteiger partial charge in [-0.05, 0) is 24.3 Å². The minimum atomic E-state index is -3.61. The molecule has 2 heterocycles. The lowest BCUT2D eigenvalue weighted by Crippen LogP contribution is -2.51. The second kappa shape index (κ2) is 9.05. The minimum absolute atomic E-state index is 0.107. The van der Waals surface area contributed by atoms with Crippen LogP contribution in [0.3, 0.4) is 0 Å². The first kappa shape index (κ1) is 21.5. The molecule has 2 aromatic rings. The summed E-state index contributed by atoms with van der Waals surface area (Å²) < 4.78 is 31.4. The molecule has 12 heteroatoms. The molecule has 30 heavy (non-hydrogen) atoms. The Labute approximate surface area is 172 Å². The van der Waals surface area contributed by atoms with Crippen molar-refractivity contribution in [1.82, 2.24) is 14.5 Å². The number of rotatable bonds is 7. The second-order valence-electron chi connectivity index (χ2n) is 6.54. The van der Waals surface area contributed by atoms with E-state index in [0.29, 0.717) is 0 Å². The van der Waals surface area contributed by atoms with E-state index in [1.54, 1.807) is 12.1 Å². The summed E-state index contributed by atoms with van der Waals surface area (Å²) in [5.41, 5.74) is 0.0573.